The molecule has 1 aliphatic carbocycles. The fraction of sp³-hybridized carbons (Fsp3) is 0.0462. The summed E-state index contributed by atoms with van der Waals surface area (Å²) >= 11 is 0. The summed E-state index contributed by atoms with van der Waals surface area (Å²) in [6.45, 7) is 4.73. The van der Waals surface area contributed by atoms with Gasteiger partial charge in [-0.25, -0.2) is 9.97 Å². The molecule has 0 fully saturated rings. The van der Waals surface area contributed by atoms with Gasteiger partial charge in [0.1, 0.15) is 0 Å². The number of para-hydroxylation sites is 3. The first-order valence-corrected chi connectivity index (χ1v) is 23.5. The second-order valence-corrected chi connectivity index (χ2v) is 18.5. The largest absolute Gasteiger partial charge is 0.309 e. The quantitative estimate of drug-likeness (QED) is 0.160. The third kappa shape index (κ3) is 6.35. The average Bonchev–Trinajstić information content (AvgIpc) is 3.85. The lowest BCUT2D eigenvalue weighted by Crippen LogP contribution is -2.14. The van der Waals surface area contributed by atoms with Crippen molar-refractivity contribution in [2.75, 3.05) is 0 Å². The Labute approximate surface area is 396 Å². The Morgan fingerprint density at radius 3 is 1.51 bits per heavy atom. The monoisotopic (exact) mass is 867 g/mol. The molecule has 2 heterocycles. The number of fused-ring (bicyclic) bond motifs is 7. The van der Waals surface area contributed by atoms with Gasteiger partial charge in [0.2, 0.25) is 0 Å². The lowest BCUT2D eigenvalue weighted by atomic mass is 9.81. The van der Waals surface area contributed by atoms with Crippen molar-refractivity contribution >= 4 is 32.6 Å². The predicted molar refractivity (Wildman–Crippen MR) is 284 cm³/mol. The molecule has 0 bridgehead atoms. The third-order valence-electron chi connectivity index (χ3n) is 14.3. The van der Waals surface area contributed by atoms with Crippen LogP contribution < -0.4 is 0 Å². The number of rotatable bonds is 7. The molecule has 10 aromatic carbocycles. The van der Waals surface area contributed by atoms with Crippen LogP contribution in [0.15, 0.2) is 237 Å². The SMILES string of the molecule is CC1(C)c2cc3ccccc3cc2-c2c(-c3ccccc3-c3cc(-c4ccccc4-c4ccc(-c5ccccc5-n5c6ccccc6c6ccccc65)cc4)nc(-c4ccccc4)n3)cccc21. The van der Waals surface area contributed by atoms with Crippen LogP contribution in [-0.4, -0.2) is 14.5 Å². The second-order valence-electron chi connectivity index (χ2n) is 18.5. The number of hydrogen-bond acceptors (Lipinski definition) is 2. The highest BCUT2D eigenvalue weighted by Crippen LogP contribution is 2.54. The molecule has 68 heavy (non-hydrogen) atoms. The minimum Gasteiger partial charge on any atom is -0.309 e. The number of aromatic nitrogens is 3. The van der Waals surface area contributed by atoms with Gasteiger partial charge in [0, 0.05) is 38.4 Å². The Morgan fingerprint density at radius 2 is 0.838 bits per heavy atom. The first kappa shape index (κ1) is 39.7. The Kier molecular flexibility index (Phi) is 9.19. The van der Waals surface area contributed by atoms with E-state index in [4.69, 9.17) is 9.97 Å². The molecular formula is C65H45N3. The van der Waals surface area contributed by atoms with Crippen molar-refractivity contribution in [1.82, 2.24) is 14.5 Å². The van der Waals surface area contributed by atoms with Crippen LogP contribution in [0, 0.1) is 0 Å². The second kappa shape index (κ2) is 15.8. The van der Waals surface area contributed by atoms with Crippen LogP contribution in [0.1, 0.15) is 25.0 Å². The van der Waals surface area contributed by atoms with E-state index in [1.165, 1.54) is 66.0 Å². The van der Waals surface area contributed by atoms with E-state index in [1.54, 1.807) is 0 Å². The summed E-state index contributed by atoms with van der Waals surface area (Å²) in [5.41, 5.74) is 20.5. The van der Waals surface area contributed by atoms with E-state index in [9.17, 15) is 0 Å². The summed E-state index contributed by atoms with van der Waals surface area (Å²) < 4.78 is 2.41. The summed E-state index contributed by atoms with van der Waals surface area (Å²) in [6, 6.07) is 85.5. The molecule has 0 atom stereocenters. The van der Waals surface area contributed by atoms with Gasteiger partial charge in [-0.3, -0.25) is 0 Å². The standard InChI is InChI=1S/C65H45N3/c1-65(2)56-31-18-30-54(63(56)55-39-45-21-6-7-22-46(45)40-57(55)65)49-25-9-11-27-51(49)59-41-58(66-64(67-59)44-19-4-3-5-20-44)50-26-10-8-23-47(50)42-35-37-43(38-36-42)48-24-12-15-32-60(48)68-61-33-16-13-28-52(61)53-29-14-17-34-62(53)68/h3-41H,1-2H3. The highest BCUT2D eigenvalue weighted by Gasteiger charge is 2.37. The van der Waals surface area contributed by atoms with Crippen molar-refractivity contribution in [3.8, 4) is 84.1 Å². The van der Waals surface area contributed by atoms with E-state index in [0.717, 1.165) is 56.0 Å². The molecule has 0 saturated carbocycles. The van der Waals surface area contributed by atoms with Crippen molar-refractivity contribution in [2.45, 2.75) is 19.3 Å². The lowest BCUT2D eigenvalue weighted by Gasteiger charge is -2.22. The first-order valence-electron chi connectivity index (χ1n) is 23.5. The number of hydrogen-bond donors (Lipinski definition) is 0. The molecule has 0 N–H and O–H groups in total. The zero-order chi connectivity index (χ0) is 45.3. The van der Waals surface area contributed by atoms with Crippen molar-refractivity contribution in [3.05, 3.63) is 248 Å². The molecular weight excluding hydrogens is 823 g/mol. The van der Waals surface area contributed by atoms with Crippen molar-refractivity contribution < 1.29 is 0 Å². The smallest absolute Gasteiger partial charge is 0.160 e. The highest BCUT2D eigenvalue weighted by molar-refractivity contribution is 6.10. The summed E-state index contributed by atoms with van der Waals surface area (Å²) in [6.07, 6.45) is 0. The molecule has 0 spiro atoms. The molecule has 2 aromatic heterocycles. The Bertz CT molecular complexity index is 3880. The highest BCUT2D eigenvalue weighted by atomic mass is 15.0. The van der Waals surface area contributed by atoms with Gasteiger partial charge in [-0.15, -0.1) is 0 Å². The van der Waals surface area contributed by atoms with Crippen molar-refractivity contribution in [1.29, 1.82) is 0 Å². The van der Waals surface area contributed by atoms with Crippen LogP contribution in [0.2, 0.25) is 0 Å². The van der Waals surface area contributed by atoms with Gasteiger partial charge in [-0.05, 0) is 97.2 Å². The predicted octanol–water partition coefficient (Wildman–Crippen LogP) is 17.0. The van der Waals surface area contributed by atoms with Crippen LogP contribution in [-0.2, 0) is 5.41 Å². The maximum Gasteiger partial charge on any atom is 0.160 e. The molecule has 0 saturated heterocycles. The molecule has 3 heteroatoms. The van der Waals surface area contributed by atoms with Crippen LogP contribution in [0.25, 0.3) is 117 Å². The Morgan fingerprint density at radius 1 is 0.338 bits per heavy atom. The van der Waals surface area contributed by atoms with E-state index >= 15 is 0 Å². The fourth-order valence-corrected chi connectivity index (χ4v) is 11.0. The third-order valence-corrected chi connectivity index (χ3v) is 14.3. The van der Waals surface area contributed by atoms with E-state index in [-0.39, 0.29) is 5.41 Å². The maximum atomic E-state index is 5.39. The molecule has 0 aliphatic heterocycles. The zero-order valence-corrected chi connectivity index (χ0v) is 37.9. The number of nitrogens with zero attached hydrogens (tertiary/aromatic N) is 3. The minimum atomic E-state index is -0.153. The van der Waals surface area contributed by atoms with Gasteiger partial charge < -0.3 is 4.57 Å². The van der Waals surface area contributed by atoms with Gasteiger partial charge in [-0.1, -0.05) is 214 Å². The topological polar surface area (TPSA) is 30.7 Å². The lowest BCUT2D eigenvalue weighted by molar-refractivity contribution is 0.661. The van der Waals surface area contributed by atoms with Crippen LogP contribution in [0.5, 0.6) is 0 Å². The molecule has 320 valence electrons. The van der Waals surface area contributed by atoms with Crippen molar-refractivity contribution in [3.63, 3.8) is 0 Å². The van der Waals surface area contributed by atoms with Crippen LogP contribution in [0.3, 0.4) is 0 Å². The van der Waals surface area contributed by atoms with Crippen LogP contribution in [0.4, 0.5) is 0 Å². The van der Waals surface area contributed by atoms with E-state index in [1.807, 2.05) is 6.07 Å². The Hall–Kier alpha value is -8.66. The van der Waals surface area contributed by atoms with Gasteiger partial charge >= 0.3 is 0 Å². The minimum absolute atomic E-state index is 0.153. The first-order chi connectivity index (χ1) is 33.5. The zero-order valence-electron chi connectivity index (χ0n) is 37.9. The van der Waals surface area contributed by atoms with Gasteiger partial charge in [0.05, 0.1) is 28.1 Å². The molecule has 0 unspecified atom stereocenters. The molecule has 12 aromatic rings. The molecule has 0 amide bonds. The van der Waals surface area contributed by atoms with Crippen molar-refractivity contribution in [2.24, 2.45) is 0 Å². The molecule has 13 rings (SSSR count). The molecule has 3 nitrogen and oxygen atoms in total. The normalized spacial score (nSPS) is 12.7. The molecule has 1 aliphatic rings. The summed E-state index contributed by atoms with van der Waals surface area (Å²) in [4.78, 5) is 10.8. The number of benzene rings is 10. The Balaban J connectivity index is 0.938. The van der Waals surface area contributed by atoms with Gasteiger partial charge in [-0.2, -0.15) is 0 Å². The summed E-state index contributed by atoms with van der Waals surface area (Å²) in [5.74, 6) is 0.691. The fourth-order valence-electron chi connectivity index (χ4n) is 11.0. The van der Waals surface area contributed by atoms with Gasteiger partial charge in [0.15, 0.2) is 5.82 Å². The summed E-state index contributed by atoms with van der Waals surface area (Å²) in [5, 5.41) is 5.03. The van der Waals surface area contributed by atoms with E-state index in [2.05, 4.69) is 249 Å². The van der Waals surface area contributed by atoms with E-state index in [0.29, 0.717) is 5.82 Å². The summed E-state index contributed by atoms with van der Waals surface area (Å²) in [7, 11) is 0. The van der Waals surface area contributed by atoms with Crippen LogP contribution >= 0.6 is 0 Å². The van der Waals surface area contributed by atoms with E-state index < -0.39 is 0 Å². The average molecular weight is 868 g/mol. The van der Waals surface area contributed by atoms with Gasteiger partial charge in [0.25, 0.3) is 0 Å². The molecule has 0 radical (unpaired) electrons. The maximum absolute atomic E-state index is 5.39.